The smallest absolute Gasteiger partial charge is 0.306 e. The van der Waals surface area contributed by atoms with Gasteiger partial charge in [0.25, 0.3) is 0 Å². The zero-order chi connectivity index (χ0) is 9.84. The quantitative estimate of drug-likeness (QED) is 0.417. The maximum atomic E-state index is 10.6. The maximum absolute atomic E-state index is 10.6. The van der Waals surface area contributed by atoms with Crippen LogP contribution in [0.4, 0.5) is 0 Å². The first-order valence-corrected chi connectivity index (χ1v) is 4.37. The van der Waals surface area contributed by atoms with Crippen LogP contribution < -0.4 is 11.5 Å². The first kappa shape index (κ1) is 9.83. The molecule has 0 aromatic carbocycles. The molecule has 74 valence electrons. The van der Waals surface area contributed by atoms with Crippen LogP contribution in [0, 0.1) is 11.8 Å². The standard InChI is InChI=1S/C8H15N3O2/c9-8(10)11-4-5-1-2-6(3-5)7(12)13/h5-6H,1-4H2,(H,12,13)(H4,9,10,11). The van der Waals surface area contributed by atoms with Crippen molar-refractivity contribution in [2.45, 2.75) is 19.3 Å². The second-order valence-electron chi connectivity index (χ2n) is 3.48. The molecule has 0 bridgehead atoms. The third-order valence-corrected chi connectivity index (χ3v) is 2.42. The summed E-state index contributed by atoms with van der Waals surface area (Å²) in [6.07, 6.45) is 2.36. The Labute approximate surface area is 76.8 Å². The van der Waals surface area contributed by atoms with E-state index in [4.69, 9.17) is 16.6 Å². The van der Waals surface area contributed by atoms with E-state index >= 15 is 0 Å². The van der Waals surface area contributed by atoms with Crippen molar-refractivity contribution in [2.24, 2.45) is 28.3 Å². The van der Waals surface area contributed by atoms with Crippen molar-refractivity contribution in [1.29, 1.82) is 0 Å². The molecule has 0 radical (unpaired) electrons. The highest BCUT2D eigenvalue weighted by atomic mass is 16.4. The predicted molar refractivity (Wildman–Crippen MR) is 49.1 cm³/mol. The van der Waals surface area contributed by atoms with Crippen LogP contribution in [0.2, 0.25) is 0 Å². The number of nitrogens with two attached hydrogens (primary N) is 2. The fraction of sp³-hybridized carbons (Fsp3) is 0.750. The van der Waals surface area contributed by atoms with Crippen molar-refractivity contribution in [3.8, 4) is 0 Å². The molecule has 0 spiro atoms. The third kappa shape index (κ3) is 2.93. The number of rotatable bonds is 3. The molecule has 1 aliphatic carbocycles. The first-order chi connectivity index (χ1) is 6.09. The molecule has 5 heteroatoms. The van der Waals surface area contributed by atoms with Crippen molar-refractivity contribution in [1.82, 2.24) is 0 Å². The Bertz CT molecular complexity index is 223. The molecule has 0 aromatic rings. The van der Waals surface area contributed by atoms with E-state index in [9.17, 15) is 4.79 Å². The average molecular weight is 185 g/mol. The van der Waals surface area contributed by atoms with Gasteiger partial charge in [-0.15, -0.1) is 0 Å². The monoisotopic (exact) mass is 185 g/mol. The molecule has 1 aliphatic rings. The van der Waals surface area contributed by atoms with E-state index < -0.39 is 5.97 Å². The minimum absolute atomic E-state index is 0.0822. The molecule has 0 amide bonds. The SMILES string of the molecule is NC(N)=NCC1CCC(C(=O)O)C1. The molecule has 0 aromatic heterocycles. The fourth-order valence-electron chi connectivity index (χ4n) is 1.70. The second-order valence-corrected chi connectivity index (χ2v) is 3.48. The van der Waals surface area contributed by atoms with Gasteiger partial charge in [-0.25, -0.2) is 0 Å². The van der Waals surface area contributed by atoms with Gasteiger partial charge >= 0.3 is 5.97 Å². The number of aliphatic imine (C=N–C) groups is 1. The largest absolute Gasteiger partial charge is 0.481 e. The lowest BCUT2D eigenvalue weighted by Gasteiger charge is -2.05. The van der Waals surface area contributed by atoms with Crippen LogP contribution in [-0.2, 0) is 4.79 Å². The summed E-state index contributed by atoms with van der Waals surface area (Å²) in [5.41, 5.74) is 10.4. The number of hydrogen-bond acceptors (Lipinski definition) is 2. The van der Waals surface area contributed by atoms with Crippen LogP contribution in [-0.4, -0.2) is 23.6 Å². The Morgan fingerprint density at radius 2 is 2.15 bits per heavy atom. The molecule has 5 N–H and O–H groups in total. The van der Waals surface area contributed by atoms with Gasteiger partial charge in [-0.05, 0) is 25.2 Å². The Morgan fingerprint density at radius 3 is 2.62 bits per heavy atom. The summed E-state index contributed by atoms with van der Waals surface area (Å²) in [4.78, 5) is 14.5. The van der Waals surface area contributed by atoms with Gasteiger partial charge in [0, 0.05) is 6.54 Å². The highest BCUT2D eigenvalue weighted by Crippen LogP contribution is 2.30. The van der Waals surface area contributed by atoms with Crippen LogP contribution in [0.25, 0.3) is 0 Å². The van der Waals surface area contributed by atoms with E-state index in [1.807, 2.05) is 0 Å². The predicted octanol–water partition coefficient (Wildman–Crippen LogP) is -0.239. The van der Waals surface area contributed by atoms with Crippen molar-refractivity contribution >= 4 is 11.9 Å². The van der Waals surface area contributed by atoms with Gasteiger partial charge in [-0.1, -0.05) is 0 Å². The Hall–Kier alpha value is -1.26. The molecule has 13 heavy (non-hydrogen) atoms. The van der Waals surface area contributed by atoms with Crippen molar-refractivity contribution in [2.75, 3.05) is 6.54 Å². The van der Waals surface area contributed by atoms with Gasteiger partial charge < -0.3 is 16.6 Å². The summed E-state index contributed by atoms with van der Waals surface area (Å²) in [6.45, 7) is 0.562. The fourth-order valence-corrected chi connectivity index (χ4v) is 1.70. The lowest BCUT2D eigenvalue weighted by atomic mass is 10.1. The molecule has 0 aliphatic heterocycles. The lowest BCUT2D eigenvalue weighted by Crippen LogP contribution is -2.23. The van der Waals surface area contributed by atoms with E-state index in [1.54, 1.807) is 0 Å². The number of hydrogen-bond donors (Lipinski definition) is 3. The zero-order valence-electron chi connectivity index (χ0n) is 7.44. The summed E-state index contributed by atoms with van der Waals surface area (Å²) in [7, 11) is 0. The van der Waals surface area contributed by atoms with Crippen LogP contribution in [0.5, 0.6) is 0 Å². The Morgan fingerprint density at radius 1 is 1.46 bits per heavy atom. The lowest BCUT2D eigenvalue weighted by molar-refractivity contribution is -0.141. The second kappa shape index (κ2) is 4.11. The molecule has 1 saturated carbocycles. The molecule has 1 rings (SSSR count). The van der Waals surface area contributed by atoms with Crippen molar-refractivity contribution in [3.63, 3.8) is 0 Å². The van der Waals surface area contributed by atoms with Gasteiger partial charge in [-0.2, -0.15) is 0 Å². The van der Waals surface area contributed by atoms with Crippen LogP contribution in [0.1, 0.15) is 19.3 Å². The van der Waals surface area contributed by atoms with Crippen molar-refractivity contribution in [3.05, 3.63) is 0 Å². The van der Waals surface area contributed by atoms with Gasteiger partial charge in [0.2, 0.25) is 0 Å². The van der Waals surface area contributed by atoms with Gasteiger partial charge in [0.1, 0.15) is 0 Å². The number of guanidine groups is 1. The topological polar surface area (TPSA) is 102 Å². The molecule has 0 saturated heterocycles. The number of nitrogens with zero attached hydrogens (tertiary/aromatic N) is 1. The van der Waals surface area contributed by atoms with Crippen LogP contribution >= 0.6 is 0 Å². The van der Waals surface area contributed by atoms with Gasteiger partial charge in [-0.3, -0.25) is 9.79 Å². The highest BCUT2D eigenvalue weighted by Gasteiger charge is 2.29. The van der Waals surface area contributed by atoms with E-state index in [0.717, 1.165) is 12.8 Å². The molecule has 2 unspecified atom stereocenters. The Balaban J connectivity index is 2.33. The molecule has 1 fully saturated rings. The average Bonchev–Trinajstić information content (AvgIpc) is 2.48. The normalized spacial score (nSPS) is 27.1. The molecular formula is C8H15N3O2. The van der Waals surface area contributed by atoms with Gasteiger partial charge in [0.05, 0.1) is 5.92 Å². The third-order valence-electron chi connectivity index (χ3n) is 2.42. The highest BCUT2D eigenvalue weighted by molar-refractivity contribution is 5.75. The minimum Gasteiger partial charge on any atom is -0.481 e. The summed E-state index contributed by atoms with van der Waals surface area (Å²) in [5, 5.41) is 8.72. The summed E-state index contributed by atoms with van der Waals surface area (Å²) in [5.74, 6) is -0.478. The summed E-state index contributed by atoms with van der Waals surface area (Å²) >= 11 is 0. The van der Waals surface area contributed by atoms with Crippen LogP contribution in [0.3, 0.4) is 0 Å². The maximum Gasteiger partial charge on any atom is 0.306 e. The van der Waals surface area contributed by atoms with Crippen LogP contribution in [0.15, 0.2) is 4.99 Å². The molecule has 2 atom stereocenters. The van der Waals surface area contributed by atoms with Gasteiger partial charge in [0.15, 0.2) is 5.96 Å². The number of aliphatic carboxylic acids is 1. The molecule has 5 nitrogen and oxygen atoms in total. The first-order valence-electron chi connectivity index (χ1n) is 4.37. The zero-order valence-corrected chi connectivity index (χ0v) is 7.44. The minimum atomic E-state index is -0.702. The molecule has 0 heterocycles. The molecular weight excluding hydrogens is 170 g/mol. The van der Waals surface area contributed by atoms with E-state index in [0.29, 0.717) is 18.9 Å². The summed E-state index contributed by atoms with van der Waals surface area (Å²) in [6, 6.07) is 0. The number of carbonyl (C=O) groups is 1. The number of carboxylic acids is 1. The van der Waals surface area contributed by atoms with E-state index in [-0.39, 0.29) is 11.9 Å². The van der Waals surface area contributed by atoms with Crippen molar-refractivity contribution < 1.29 is 9.90 Å². The Kier molecular flexibility index (Phi) is 3.11. The summed E-state index contributed by atoms with van der Waals surface area (Å²) < 4.78 is 0. The van der Waals surface area contributed by atoms with E-state index in [1.165, 1.54) is 0 Å². The van der Waals surface area contributed by atoms with E-state index in [2.05, 4.69) is 4.99 Å². The number of carboxylic acid groups (broad SMARTS) is 1.